The Morgan fingerprint density at radius 2 is 2.32 bits per heavy atom. The standard InChI is InChI=1S/C14H24N4O/c1-3-6-15-13-8-14(17-11(2)16-13)18-7-4-5-12(9-18)10-19/h8,12,19H,3-7,9-10H2,1-2H3,(H,15,16,17). The maximum Gasteiger partial charge on any atom is 0.134 e. The highest BCUT2D eigenvalue weighted by molar-refractivity contribution is 5.49. The number of hydrogen-bond acceptors (Lipinski definition) is 5. The zero-order chi connectivity index (χ0) is 13.7. The highest BCUT2D eigenvalue weighted by atomic mass is 16.3. The minimum atomic E-state index is 0.265. The molecule has 0 saturated carbocycles. The van der Waals surface area contributed by atoms with E-state index in [1.165, 1.54) is 0 Å². The molecule has 19 heavy (non-hydrogen) atoms. The molecule has 0 amide bonds. The van der Waals surface area contributed by atoms with E-state index in [1.54, 1.807) is 0 Å². The summed E-state index contributed by atoms with van der Waals surface area (Å²) >= 11 is 0. The van der Waals surface area contributed by atoms with Gasteiger partial charge in [-0.25, -0.2) is 9.97 Å². The fraction of sp³-hybridized carbons (Fsp3) is 0.714. The summed E-state index contributed by atoms with van der Waals surface area (Å²) in [6.07, 6.45) is 3.30. The average molecular weight is 264 g/mol. The summed E-state index contributed by atoms with van der Waals surface area (Å²) in [7, 11) is 0. The molecule has 0 aromatic carbocycles. The lowest BCUT2D eigenvalue weighted by atomic mass is 9.99. The Morgan fingerprint density at radius 3 is 3.05 bits per heavy atom. The summed E-state index contributed by atoms with van der Waals surface area (Å²) in [5, 5.41) is 12.6. The van der Waals surface area contributed by atoms with Crippen molar-refractivity contribution in [2.24, 2.45) is 5.92 Å². The van der Waals surface area contributed by atoms with Crippen LogP contribution in [0.2, 0.25) is 0 Å². The summed E-state index contributed by atoms with van der Waals surface area (Å²) in [6, 6.07) is 2.02. The largest absolute Gasteiger partial charge is 0.396 e. The molecule has 1 aliphatic rings. The number of aromatic nitrogens is 2. The third-order valence-corrected chi connectivity index (χ3v) is 3.48. The van der Waals surface area contributed by atoms with Gasteiger partial charge in [-0.05, 0) is 32.1 Å². The van der Waals surface area contributed by atoms with Crippen molar-refractivity contribution >= 4 is 11.6 Å². The van der Waals surface area contributed by atoms with Gasteiger partial charge in [-0.2, -0.15) is 0 Å². The van der Waals surface area contributed by atoms with Crippen molar-refractivity contribution < 1.29 is 5.11 Å². The second-order valence-electron chi connectivity index (χ2n) is 5.22. The van der Waals surface area contributed by atoms with Crippen LogP contribution in [0.1, 0.15) is 32.0 Å². The number of aliphatic hydroxyl groups excluding tert-OH is 1. The molecule has 1 aromatic rings. The van der Waals surface area contributed by atoms with Crippen molar-refractivity contribution in [1.29, 1.82) is 0 Å². The van der Waals surface area contributed by atoms with Gasteiger partial charge < -0.3 is 15.3 Å². The van der Waals surface area contributed by atoms with E-state index in [9.17, 15) is 5.11 Å². The number of nitrogens with one attached hydrogen (secondary N) is 1. The Hall–Kier alpha value is -1.36. The van der Waals surface area contributed by atoms with Crippen LogP contribution in [-0.4, -0.2) is 41.3 Å². The first kappa shape index (κ1) is 14.1. The number of anilines is 2. The van der Waals surface area contributed by atoms with Crippen molar-refractivity contribution in [2.45, 2.75) is 33.1 Å². The first-order valence-corrected chi connectivity index (χ1v) is 7.18. The number of hydrogen-bond donors (Lipinski definition) is 2. The first-order chi connectivity index (χ1) is 9.22. The Labute approximate surface area is 115 Å². The van der Waals surface area contributed by atoms with Crippen LogP contribution in [0, 0.1) is 12.8 Å². The third-order valence-electron chi connectivity index (χ3n) is 3.48. The molecular weight excluding hydrogens is 240 g/mol. The maximum atomic E-state index is 9.31. The summed E-state index contributed by atoms with van der Waals surface area (Å²) in [4.78, 5) is 11.2. The molecule has 2 heterocycles. The summed E-state index contributed by atoms with van der Waals surface area (Å²) < 4.78 is 0. The zero-order valence-electron chi connectivity index (χ0n) is 11.9. The molecule has 0 spiro atoms. The van der Waals surface area contributed by atoms with E-state index in [0.29, 0.717) is 5.92 Å². The number of piperidine rings is 1. The van der Waals surface area contributed by atoms with Gasteiger partial charge in [0.2, 0.25) is 0 Å². The molecule has 0 radical (unpaired) electrons. The Bertz CT molecular complexity index is 410. The molecular formula is C14H24N4O. The lowest BCUT2D eigenvalue weighted by Gasteiger charge is -2.33. The minimum absolute atomic E-state index is 0.265. The van der Waals surface area contributed by atoms with E-state index in [4.69, 9.17) is 0 Å². The molecule has 106 valence electrons. The fourth-order valence-corrected chi connectivity index (χ4v) is 2.48. The van der Waals surface area contributed by atoms with Gasteiger partial charge in [0.25, 0.3) is 0 Å². The van der Waals surface area contributed by atoms with E-state index < -0.39 is 0 Å². The highest BCUT2D eigenvalue weighted by Gasteiger charge is 2.20. The second-order valence-corrected chi connectivity index (χ2v) is 5.22. The van der Waals surface area contributed by atoms with Crippen molar-refractivity contribution in [1.82, 2.24) is 9.97 Å². The Balaban J connectivity index is 2.11. The molecule has 1 atom stereocenters. The van der Waals surface area contributed by atoms with E-state index in [1.807, 2.05) is 13.0 Å². The minimum Gasteiger partial charge on any atom is -0.396 e. The van der Waals surface area contributed by atoms with Gasteiger partial charge in [0.1, 0.15) is 17.5 Å². The van der Waals surface area contributed by atoms with Gasteiger partial charge in [-0.1, -0.05) is 6.92 Å². The molecule has 0 bridgehead atoms. The van der Waals surface area contributed by atoms with Crippen LogP contribution in [0.5, 0.6) is 0 Å². The number of nitrogens with zero attached hydrogens (tertiary/aromatic N) is 3. The van der Waals surface area contributed by atoms with E-state index >= 15 is 0 Å². The van der Waals surface area contributed by atoms with Gasteiger partial charge in [-0.3, -0.25) is 0 Å². The summed E-state index contributed by atoms with van der Waals surface area (Å²) in [5.74, 6) is 3.04. The lowest BCUT2D eigenvalue weighted by Crippen LogP contribution is -2.37. The molecule has 5 nitrogen and oxygen atoms in total. The average Bonchev–Trinajstić information content (AvgIpc) is 2.44. The number of aliphatic hydroxyl groups is 1. The van der Waals surface area contributed by atoms with Gasteiger partial charge in [0, 0.05) is 32.3 Å². The van der Waals surface area contributed by atoms with Crippen molar-refractivity contribution in [2.75, 3.05) is 36.5 Å². The van der Waals surface area contributed by atoms with Crippen molar-refractivity contribution in [3.8, 4) is 0 Å². The number of aryl methyl sites for hydroxylation is 1. The summed E-state index contributed by atoms with van der Waals surface area (Å²) in [6.45, 7) is 7.16. The SMILES string of the molecule is CCCNc1cc(N2CCCC(CO)C2)nc(C)n1. The summed E-state index contributed by atoms with van der Waals surface area (Å²) in [5.41, 5.74) is 0. The van der Waals surface area contributed by atoms with Gasteiger partial charge in [0.15, 0.2) is 0 Å². The Kier molecular flexibility index (Phi) is 4.96. The van der Waals surface area contributed by atoms with Crippen LogP contribution in [0.25, 0.3) is 0 Å². The van der Waals surface area contributed by atoms with Crippen LogP contribution >= 0.6 is 0 Å². The smallest absolute Gasteiger partial charge is 0.134 e. The van der Waals surface area contributed by atoms with E-state index in [-0.39, 0.29) is 6.61 Å². The molecule has 0 aliphatic carbocycles. The van der Waals surface area contributed by atoms with Gasteiger partial charge in [0.05, 0.1) is 0 Å². The number of rotatable bonds is 5. The first-order valence-electron chi connectivity index (χ1n) is 7.18. The molecule has 5 heteroatoms. The monoisotopic (exact) mass is 264 g/mol. The predicted molar refractivity (Wildman–Crippen MR) is 77.6 cm³/mol. The normalized spacial score (nSPS) is 19.5. The van der Waals surface area contributed by atoms with Crippen LogP contribution in [0.4, 0.5) is 11.6 Å². The highest BCUT2D eigenvalue weighted by Crippen LogP contribution is 2.23. The zero-order valence-corrected chi connectivity index (χ0v) is 11.9. The molecule has 1 aromatic heterocycles. The maximum absolute atomic E-state index is 9.31. The van der Waals surface area contributed by atoms with Crippen LogP contribution in [-0.2, 0) is 0 Å². The van der Waals surface area contributed by atoms with E-state index in [0.717, 1.165) is 56.4 Å². The molecule has 1 saturated heterocycles. The van der Waals surface area contributed by atoms with E-state index in [2.05, 4.69) is 27.1 Å². The van der Waals surface area contributed by atoms with Crippen LogP contribution in [0.15, 0.2) is 6.07 Å². The third kappa shape index (κ3) is 3.80. The van der Waals surface area contributed by atoms with Crippen molar-refractivity contribution in [3.63, 3.8) is 0 Å². The van der Waals surface area contributed by atoms with Gasteiger partial charge in [-0.15, -0.1) is 0 Å². The van der Waals surface area contributed by atoms with Crippen molar-refractivity contribution in [3.05, 3.63) is 11.9 Å². The topological polar surface area (TPSA) is 61.3 Å². The predicted octanol–water partition coefficient (Wildman–Crippen LogP) is 1.82. The van der Waals surface area contributed by atoms with Crippen LogP contribution < -0.4 is 10.2 Å². The molecule has 2 N–H and O–H groups in total. The molecule has 1 unspecified atom stereocenters. The lowest BCUT2D eigenvalue weighted by molar-refractivity contribution is 0.208. The fourth-order valence-electron chi connectivity index (χ4n) is 2.48. The molecule has 1 fully saturated rings. The van der Waals surface area contributed by atoms with Crippen LogP contribution in [0.3, 0.4) is 0 Å². The second kappa shape index (κ2) is 6.70. The van der Waals surface area contributed by atoms with Gasteiger partial charge >= 0.3 is 0 Å². The Morgan fingerprint density at radius 1 is 1.47 bits per heavy atom. The molecule has 1 aliphatic heterocycles. The quantitative estimate of drug-likeness (QED) is 0.849. The molecule has 2 rings (SSSR count).